The summed E-state index contributed by atoms with van der Waals surface area (Å²) in [6, 6.07) is 10.5. The van der Waals surface area contributed by atoms with Gasteiger partial charge in [-0.2, -0.15) is 0 Å². The van der Waals surface area contributed by atoms with Crippen LogP contribution < -0.4 is 5.32 Å². The molecule has 2 N–H and O–H groups in total. The number of amides is 1. The van der Waals surface area contributed by atoms with E-state index in [0.717, 1.165) is 16.7 Å². The number of aryl methyl sites for hydroxylation is 3. The van der Waals surface area contributed by atoms with E-state index in [9.17, 15) is 14.7 Å². The molecule has 0 saturated heterocycles. The zero-order valence-electron chi connectivity index (χ0n) is 12.2. The largest absolute Gasteiger partial charge is 0.478 e. The second-order valence-corrected chi connectivity index (χ2v) is 5.13. The third-order valence-electron chi connectivity index (χ3n) is 3.26. The van der Waals surface area contributed by atoms with Gasteiger partial charge in [0.15, 0.2) is 0 Å². The summed E-state index contributed by atoms with van der Waals surface area (Å²) in [5.74, 6) is -1.37. The van der Waals surface area contributed by atoms with Crippen LogP contribution in [0, 0.1) is 20.8 Å². The second-order valence-electron chi connectivity index (χ2n) is 5.13. The number of carbonyl (C=O) groups is 2. The highest BCUT2D eigenvalue weighted by Crippen LogP contribution is 2.23. The minimum Gasteiger partial charge on any atom is -0.478 e. The molecule has 2 aromatic rings. The minimum atomic E-state index is -1.05. The van der Waals surface area contributed by atoms with Crippen molar-refractivity contribution in [1.29, 1.82) is 0 Å². The van der Waals surface area contributed by atoms with Gasteiger partial charge < -0.3 is 10.4 Å². The lowest BCUT2D eigenvalue weighted by atomic mass is 10.0. The van der Waals surface area contributed by atoms with Crippen molar-refractivity contribution in [3.8, 4) is 0 Å². The lowest BCUT2D eigenvalue weighted by molar-refractivity contribution is 0.0698. The number of hydrogen-bond acceptors (Lipinski definition) is 2. The molecule has 0 aromatic heterocycles. The zero-order chi connectivity index (χ0) is 15.6. The van der Waals surface area contributed by atoms with Gasteiger partial charge in [-0.05, 0) is 50.1 Å². The molecule has 0 unspecified atom stereocenters. The van der Waals surface area contributed by atoms with Crippen molar-refractivity contribution in [1.82, 2.24) is 0 Å². The van der Waals surface area contributed by atoms with Crippen molar-refractivity contribution in [3.05, 3.63) is 64.2 Å². The summed E-state index contributed by atoms with van der Waals surface area (Å²) < 4.78 is 0. The summed E-state index contributed by atoms with van der Waals surface area (Å²) in [6.07, 6.45) is 0. The predicted molar refractivity (Wildman–Crippen MR) is 82.0 cm³/mol. The molecule has 0 bridgehead atoms. The molecule has 0 aliphatic heterocycles. The van der Waals surface area contributed by atoms with E-state index in [1.54, 1.807) is 25.1 Å². The molecule has 0 aliphatic rings. The maximum atomic E-state index is 12.2. The van der Waals surface area contributed by atoms with Gasteiger partial charge in [0.05, 0.1) is 11.3 Å². The van der Waals surface area contributed by atoms with E-state index >= 15 is 0 Å². The molecule has 108 valence electrons. The average molecular weight is 283 g/mol. The smallest absolute Gasteiger partial charge is 0.337 e. The summed E-state index contributed by atoms with van der Waals surface area (Å²) >= 11 is 0. The first-order valence-electron chi connectivity index (χ1n) is 6.61. The van der Waals surface area contributed by atoms with Gasteiger partial charge in [0.1, 0.15) is 0 Å². The maximum Gasteiger partial charge on any atom is 0.337 e. The highest BCUT2D eigenvalue weighted by Gasteiger charge is 2.16. The van der Waals surface area contributed by atoms with Gasteiger partial charge >= 0.3 is 5.97 Å². The Bertz CT molecular complexity index is 703. The highest BCUT2D eigenvalue weighted by molar-refractivity contribution is 6.08. The number of carboxylic acid groups (broad SMARTS) is 1. The number of carbonyl (C=O) groups excluding carboxylic acids is 1. The van der Waals surface area contributed by atoms with Gasteiger partial charge in [0.2, 0.25) is 0 Å². The monoisotopic (exact) mass is 283 g/mol. The number of nitrogens with one attached hydrogen (secondary N) is 1. The Labute approximate surface area is 123 Å². The number of aromatic carboxylic acids is 1. The van der Waals surface area contributed by atoms with Gasteiger partial charge in [0, 0.05) is 5.56 Å². The third-order valence-corrected chi connectivity index (χ3v) is 3.26. The van der Waals surface area contributed by atoms with Crippen molar-refractivity contribution < 1.29 is 14.7 Å². The Morgan fingerprint density at radius 3 is 2.14 bits per heavy atom. The molecule has 0 saturated carbocycles. The standard InChI is InChI=1S/C17H17NO3/c1-10-4-6-13(7-5-10)16(19)18-15-12(3)8-11(2)9-14(15)17(20)21/h4-9H,1-3H3,(H,18,19)(H,20,21). The second kappa shape index (κ2) is 5.79. The Kier molecular flexibility index (Phi) is 4.08. The van der Waals surface area contributed by atoms with Crippen LogP contribution in [0.1, 0.15) is 37.4 Å². The molecule has 2 aromatic carbocycles. The minimum absolute atomic E-state index is 0.105. The molecule has 0 fully saturated rings. The zero-order valence-corrected chi connectivity index (χ0v) is 12.2. The Morgan fingerprint density at radius 2 is 1.57 bits per heavy atom. The summed E-state index contributed by atoms with van der Waals surface area (Å²) in [7, 11) is 0. The van der Waals surface area contributed by atoms with E-state index in [0.29, 0.717) is 11.3 Å². The van der Waals surface area contributed by atoms with E-state index in [1.807, 2.05) is 32.0 Å². The molecule has 0 atom stereocenters. The van der Waals surface area contributed by atoms with Crippen LogP contribution in [0.4, 0.5) is 5.69 Å². The molecule has 21 heavy (non-hydrogen) atoms. The van der Waals surface area contributed by atoms with Crippen molar-refractivity contribution in [3.63, 3.8) is 0 Å². The van der Waals surface area contributed by atoms with Crippen molar-refractivity contribution >= 4 is 17.6 Å². The van der Waals surface area contributed by atoms with Crippen molar-refractivity contribution in [2.24, 2.45) is 0 Å². The van der Waals surface area contributed by atoms with E-state index in [1.165, 1.54) is 0 Å². The van der Waals surface area contributed by atoms with E-state index in [4.69, 9.17) is 0 Å². The van der Waals surface area contributed by atoms with Gasteiger partial charge in [-0.1, -0.05) is 23.8 Å². The van der Waals surface area contributed by atoms with Gasteiger partial charge in [-0.15, -0.1) is 0 Å². The predicted octanol–water partition coefficient (Wildman–Crippen LogP) is 3.56. The first kappa shape index (κ1) is 14.8. The first-order valence-corrected chi connectivity index (χ1v) is 6.61. The number of anilines is 1. The molecule has 0 heterocycles. The van der Waals surface area contributed by atoms with Crippen LogP contribution in [0.3, 0.4) is 0 Å². The topological polar surface area (TPSA) is 66.4 Å². The van der Waals surface area contributed by atoms with Crippen LogP contribution in [0.5, 0.6) is 0 Å². The highest BCUT2D eigenvalue weighted by atomic mass is 16.4. The molecule has 0 radical (unpaired) electrons. The van der Waals surface area contributed by atoms with E-state index in [2.05, 4.69) is 5.32 Å². The quantitative estimate of drug-likeness (QED) is 0.905. The molecular weight excluding hydrogens is 266 g/mol. The van der Waals surface area contributed by atoms with Crippen LogP contribution >= 0.6 is 0 Å². The fourth-order valence-electron chi connectivity index (χ4n) is 2.19. The fraction of sp³-hybridized carbons (Fsp3) is 0.176. The van der Waals surface area contributed by atoms with Crippen LogP contribution in [0.25, 0.3) is 0 Å². The Morgan fingerprint density at radius 1 is 0.952 bits per heavy atom. The lowest BCUT2D eigenvalue weighted by Gasteiger charge is -2.13. The molecular formula is C17H17NO3. The maximum absolute atomic E-state index is 12.2. The lowest BCUT2D eigenvalue weighted by Crippen LogP contribution is -2.16. The van der Waals surface area contributed by atoms with Gasteiger partial charge in [-0.25, -0.2) is 4.79 Å². The average Bonchev–Trinajstić information content (AvgIpc) is 2.41. The van der Waals surface area contributed by atoms with Gasteiger partial charge in [-0.3, -0.25) is 4.79 Å². The van der Waals surface area contributed by atoms with Crippen molar-refractivity contribution in [2.75, 3.05) is 5.32 Å². The van der Waals surface area contributed by atoms with E-state index in [-0.39, 0.29) is 11.5 Å². The van der Waals surface area contributed by atoms with Crippen LogP contribution in [0.15, 0.2) is 36.4 Å². The Balaban J connectivity index is 2.37. The summed E-state index contributed by atoms with van der Waals surface area (Å²) in [5.41, 5.74) is 3.58. The molecule has 0 spiro atoms. The number of hydrogen-bond donors (Lipinski definition) is 2. The van der Waals surface area contributed by atoms with Crippen molar-refractivity contribution in [2.45, 2.75) is 20.8 Å². The van der Waals surface area contributed by atoms with Crippen LogP contribution in [0.2, 0.25) is 0 Å². The number of rotatable bonds is 3. The molecule has 4 heteroatoms. The Hall–Kier alpha value is -2.62. The normalized spacial score (nSPS) is 10.2. The molecule has 0 aliphatic carbocycles. The molecule has 2 rings (SSSR count). The fourth-order valence-corrected chi connectivity index (χ4v) is 2.19. The molecule has 4 nitrogen and oxygen atoms in total. The molecule has 1 amide bonds. The SMILES string of the molecule is Cc1ccc(C(=O)Nc2c(C)cc(C)cc2C(=O)O)cc1. The van der Waals surface area contributed by atoms with E-state index < -0.39 is 5.97 Å². The first-order chi connectivity index (χ1) is 9.88. The number of benzene rings is 2. The van der Waals surface area contributed by atoms with Gasteiger partial charge in [0.25, 0.3) is 5.91 Å². The third kappa shape index (κ3) is 3.28. The number of carboxylic acids is 1. The summed E-state index contributed by atoms with van der Waals surface area (Å²) in [4.78, 5) is 23.6. The van der Waals surface area contributed by atoms with Crippen LogP contribution in [-0.4, -0.2) is 17.0 Å². The van der Waals surface area contributed by atoms with Crippen LogP contribution in [-0.2, 0) is 0 Å². The summed E-state index contributed by atoms with van der Waals surface area (Å²) in [5, 5.41) is 12.0. The summed E-state index contributed by atoms with van der Waals surface area (Å²) in [6.45, 7) is 5.55.